The highest BCUT2D eigenvalue weighted by molar-refractivity contribution is 9.10. The van der Waals surface area contributed by atoms with Gasteiger partial charge in [-0.15, -0.1) is 0 Å². The summed E-state index contributed by atoms with van der Waals surface area (Å²) < 4.78 is 1.16. The highest BCUT2D eigenvalue weighted by Gasteiger charge is 2.32. The number of rotatable bonds is 6. The number of halogens is 1. The van der Waals surface area contributed by atoms with Crippen LogP contribution in [0.2, 0.25) is 0 Å². The van der Waals surface area contributed by atoms with Crippen molar-refractivity contribution in [2.24, 2.45) is 5.41 Å². The summed E-state index contributed by atoms with van der Waals surface area (Å²) in [4.78, 5) is 0. The Balaban J connectivity index is 1.97. The lowest BCUT2D eigenvalue weighted by Gasteiger charge is -2.30. The summed E-state index contributed by atoms with van der Waals surface area (Å²) in [5.41, 5.74) is 1.98. The zero-order chi connectivity index (χ0) is 13.7. The Morgan fingerprint density at radius 2 is 1.79 bits per heavy atom. The van der Waals surface area contributed by atoms with Crippen molar-refractivity contribution in [2.45, 2.75) is 58.4 Å². The number of nitrogens with one attached hydrogen (secondary N) is 1. The summed E-state index contributed by atoms with van der Waals surface area (Å²) in [5.74, 6) is 0. The molecule has 1 atom stereocenters. The van der Waals surface area contributed by atoms with Gasteiger partial charge >= 0.3 is 0 Å². The quantitative estimate of drug-likeness (QED) is 0.732. The summed E-state index contributed by atoms with van der Waals surface area (Å²) in [5, 5.41) is 3.82. The monoisotopic (exact) mass is 323 g/mol. The zero-order valence-corrected chi connectivity index (χ0v) is 13.8. The molecule has 1 aromatic rings. The predicted octanol–water partition coefficient (Wildman–Crippen LogP) is 5.46. The minimum atomic E-state index is 0.497. The second-order valence-electron chi connectivity index (χ2n) is 5.95. The summed E-state index contributed by atoms with van der Waals surface area (Å²) >= 11 is 3.51. The van der Waals surface area contributed by atoms with Crippen LogP contribution in [0.3, 0.4) is 0 Å². The lowest BCUT2D eigenvalue weighted by molar-refractivity contribution is 0.254. The van der Waals surface area contributed by atoms with Crippen LogP contribution in [0.15, 0.2) is 28.7 Å². The van der Waals surface area contributed by atoms with E-state index < -0.39 is 0 Å². The maximum atomic E-state index is 3.82. The van der Waals surface area contributed by atoms with E-state index in [1.807, 2.05) is 0 Å². The summed E-state index contributed by atoms with van der Waals surface area (Å²) in [7, 11) is 0. The highest BCUT2D eigenvalue weighted by atomic mass is 79.9. The molecular weight excluding hydrogens is 298 g/mol. The average Bonchev–Trinajstić information content (AvgIpc) is 2.91. The molecule has 19 heavy (non-hydrogen) atoms. The minimum absolute atomic E-state index is 0.497. The Labute approximate surface area is 126 Å². The maximum Gasteiger partial charge on any atom is 0.0317 e. The van der Waals surface area contributed by atoms with Crippen LogP contribution < -0.4 is 5.32 Å². The van der Waals surface area contributed by atoms with Crippen molar-refractivity contribution in [3.05, 3.63) is 34.3 Å². The van der Waals surface area contributed by atoms with Crippen molar-refractivity contribution in [3.8, 4) is 0 Å². The van der Waals surface area contributed by atoms with Crippen LogP contribution >= 0.6 is 15.9 Å². The Morgan fingerprint density at radius 3 is 2.32 bits per heavy atom. The first-order chi connectivity index (χ1) is 9.19. The number of hydrogen-bond acceptors (Lipinski definition) is 1. The Bertz CT molecular complexity index is 379. The van der Waals surface area contributed by atoms with Crippen molar-refractivity contribution in [3.63, 3.8) is 0 Å². The van der Waals surface area contributed by atoms with Crippen LogP contribution in [0, 0.1) is 5.41 Å². The second-order valence-corrected chi connectivity index (χ2v) is 6.87. The van der Waals surface area contributed by atoms with Gasteiger partial charge in [0.25, 0.3) is 0 Å². The van der Waals surface area contributed by atoms with Gasteiger partial charge in [-0.3, -0.25) is 0 Å². The van der Waals surface area contributed by atoms with Gasteiger partial charge in [0.15, 0.2) is 0 Å². The summed E-state index contributed by atoms with van der Waals surface area (Å²) in [6, 6.07) is 9.25. The minimum Gasteiger partial charge on any atom is -0.309 e. The first-order valence-corrected chi connectivity index (χ1v) is 8.47. The predicted molar refractivity (Wildman–Crippen MR) is 86.4 cm³/mol. The van der Waals surface area contributed by atoms with Gasteiger partial charge in [0, 0.05) is 17.1 Å². The average molecular weight is 324 g/mol. The largest absolute Gasteiger partial charge is 0.309 e. The fraction of sp³-hybridized carbons (Fsp3) is 0.647. The lowest BCUT2D eigenvalue weighted by Crippen LogP contribution is -2.34. The van der Waals surface area contributed by atoms with Crippen molar-refractivity contribution in [1.29, 1.82) is 0 Å². The SMILES string of the molecule is CCC(NCC1(CC)CCCC1)c1ccc(Br)cc1. The molecule has 2 heteroatoms. The molecule has 0 bridgehead atoms. The molecule has 0 saturated heterocycles. The molecule has 0 aliphatic heterocycles. The lowest BCUT2D eigenvalue weighted by atomic mass is 9.83. The van der Waals surface area contributed by atoms with E-state index in [4.69, 9.17) is 0 Å². The molecular formula is C17H26BrN. The zero-order valence-electron chi connectivity index (χ0n) is 12.2. The van der Waals surface area contributed by atoms with Gasteiger partial charge in [-0.25, -0.2) is 0 Å². The van der Waals surface area contributed by atoms with Crippen LogP contribution in [-0.4, -0.2) is 6.54 Å². The van der Waals surface area contributed by atoms with Crippen molar-refractivity contribution in [2.75, 3.05) is 6.54 Å². The molecule has 1 fully saturated rings. The smallest absolute Gasteiger partial charge is 0.0317 e. The molecule has 1 aliphatic rings. The third-order valence-corrected chi connectivity index (χ3v) is 5.35. The van der Waals surface area contributed by atoms with E-state index in [1.54, 1.807) is 0 Å². The molecule has 1 aliphatic carbocycles. The molecule has 1 aromatic carbocycles. The van der Waals surface area contributed by atoms with Gasteiger partial charge < -0.3 is 5.32 Å². The molecule has 0 spiro atoms. The molecule has 106 valence electrons. The second kappa shape index (κ2) is 6.90. The van der Waals surface area contributed by atoms with Crippen LogP contribution in [0.25, 0.3) is 0 Å². The molecule has 1 N–H and O–H groups in total. The van der Waals surface area contributed by atoms with Crippen LogP contribution in [0.5, 0.6) is 0 Å². The standard InChI is InChI=1S/C17H26BrN/c1-3-16(14-7-9-15(18)10-8-14)19-13-17(4-2)11-5-6-12-17/h7-10,16,19H,3-6,11-13H2,1-2H3. The van der Waals surface area contributed by atoms with E-state index in [1.165, 1.54) is 44.2 Å². The Hall–Kier alpha value is -0.340. The molecule has 0 amide bonds. The van der Waals surface area contributed by atoms with Gasteiger partial charge in [-0.05, 0) is 48.8 Å². The van der Waals surface area contributed by atoms with E-state index in [0.29, 0.717) is 11.5 Å². The molecule has 0 radical (unpaired) electrons. The van der Waals surface area contributed by atoms with Crippen LogP contribution in [-0.2, 0) is 0 Å². The first kappa shape index (κ1) is 15.1. The Morgan fingerprint density at radius 1 is 1.16 bits per heavy atom. The van der Waals surface area contributed by atoms with Crippen molar-refractivity contribution in [1.82, 2.24) is 5.32 Å². The maximum absolute atomic E-state index is 3.82. The highest BCUT2D eigenvalue weighted by Crippen LogP contribution is 2.40. The van der Waals surface area contributed by atoms with Gasteiger partial charge in [0.2, 0.25) is 0 Å². The molecule has 2 rings (SSSR count). The fourth-order valence-corrected chi connectivity index (χ4v) is 3.58. The summed E-state index contributed by atoms with van der Waals surface area (Å²) in [6.45, 7) is 5.80. The van der Waals surface area contributed by atoms with E-state index in [9.17, 15) is 0 Å². The molecule has 1 unspecified atom stereocenters. The van der Waals surface area contributed by atoms with Crippen LogP contribution in [0.1, 0.15) is 64.0 Å². The van der Waals surface area contributed by atoms with E-state index in [0.717, 1.165) is 10.9 Å². The first-order valence-electron chi connectivity index (χ1n) is 7.68. The number of benzene rings is 1. The van der Waals surface area contributed by atoms with Gasteiger partial charge in [-0.2, -0.15) is 0 Å². The van der Waals surface area contributed by atoms with Gasteiger partial charge in [-0.1, -0.05) is 54.8 Å². The topological polar surface area (TPSA) is 12.0 Å². The fourth-order valence-electron chi connectivity index (χ4n) is 3.31. The molecule has 0 heterocycles. The number of hydrogen-bond donors (Lipinski definition) is 1. The molecule has 1 saturated carbocycles. The van der Waals surface area contributed by atoms with Gasteiger partial charge in [0.05, 0.1) is 0 Å². The Kier molecular flexibility index (Phi) is 5.47. The summed E-state index contributed by atoms with van der Waals surface area (Å²) in [6.07, 6.45) is 8.13. The van der Waals surface area contributed by atoms with E-state index in [2.05, 4.69) is 59.4 Å². The third kappa shape index (κ3) is 3.82. The molecule has 0 aromatic heterocycles. The normalized spacial score (nSPS) is 19.5. The van der Waals surface area contributed by atoms with E-state index in [-0.39, 0.29) is 0 Å². The third-order valence-electron chi connectivity index (χ3n) is 4.82. The van der Waals surface area contributed by atoms with Gasteiger partial charge in [0.1, 0.15) is 0 Å². The van der Waals surface area contributed by atoms with Crippen molar-refractivity contribution < 1.29 is 0 Å². The molecule has 1 nitrogen and oxygen atoms in total. The van der Waals surface area contributed by atoms with Crippen LogP contribution in [0.4, 0.5) is 0 Å². The van der Waals surface area contributed by atoms with Crippen molar-refractivity contribution >= 4 is 15.9 Å². The van der Waals surface area contributed by atoms with E-state index >= 15 is 0 Å².